The molecule has 0 saturated carbocycles. The molecule has 0 aliphatic heterocycles. The van der Waals surface area contributed by atoms with Gasteiger partial charge in [0, 0.05) is 11.1 Å². The Bertz CT molecular complexity index is 987. The lowest BCUT2D eigenvalue weighted by atomic mass is 10.0. The van der Waals surface area contributed by atoms with Crippen LogP contribution in [0.2, 0.25) is 5.02 Å². The zero-order chi connectivity index (χ0) is 20.4. The Kier molecular flexibility index (Phi) is 5.76. The number of sulfonamides is 1. The van der Waals surface area contributed by atoms with Crippen molar-refractivity contribution in [3.63, 3.8) is 0 Å². The van der Waals surface area contributed by atoms with Gasteiger partial charge in [0.05, 0.1) is 15.6 Å². The van der Waals surface area contributed by atoms with Gasteiger partial charge >= 0.3 is 6.36 Å². The summed E-state index contributed by atoms with van der Waals surface area (Å²) >= 11 is 5.89. The molecule has 0 saturated heterocycles. The van der Waals surface area contributed by atoms with Gasteiger partial charge in [-0.05, 0) is 30.3 Å². The van der Waals surface area contributed by atoms with Crippen molar-refractivity contribution in [1.82, 2.24) is 0 Å². The molecule has 0 radical (unpaired) electrons. The molecule has 2 N–H and O–H groups in total. The summed E-state index contributed by atoms with van der Waals surface area (Å²) in [5.41, 5.74) is 0.412. The summed E-state index contributed by atoms with van der Waals surface area (Å²) in [4.78, 5) is -0.309. The van der Waals surface area contributed by atoms with Crippen LogP contribution in [0.1, 0.15) is 11.1 Å². The molecule has 2 rings (SSSR count). The highest BCUT2D eigenvalue weighted by Crippen LogP contribution is 2.37. The van der Waals surface area contributed by atoms with Crippen LogP contribution in [0.5, 0.6) is 11.5 Å². The van der Waals surface area contributed by atoms with E-state index in [1.54, 1.807) is 0 Å². The van der Waals surface area contributed by atoms with Crippen molar-refractivity contribution in [2.45, 2.75) is 11.3 Å². The Morgan fingerprint density at radius 1 is 1.11 bits per heavy atom. The van der Waals surface area contributed by atoms with Gasteiger partial charge in [-0.2, -0.15) is 0 Å². The van der Waals surface area contributed by atoms with Crippen LogP contribution >= 0.6 is 11.6 Å². The molecule has 0 atom stereocenters. The van der Waals surface area contributed by atoms with E-state index in [0.29, 0.717) is 0 Å². The molecule has 0 aliphatic rings. The lowest BCUT2D eigenvalue weighted by molar-refractivity contribution is -0.274. The van der Waals surface area contributed by atoms with Gasteiger partial charge in [0.15, 0.2) is 0 Å². The molecular weight excluding hydrogens is 407 g/mol. The van der Waals surface area contributed by atoms with Gasteiger partial charge in [0.25, 0.3) is 10.0 Å². The van der Waals surface area contributed by atoms with Gasteiger partial charge in [-0.1, -0.05) is 36.9 Å². The minimum Gasteiger partial charge on any atom is -0.506 e. The van der Waals surface area contributed by atoms with Crippen molar-refractivity contribution in [3.8, 4) is 11.5 Å². The van der Waals surface area contributed by atoms with E-state index < -0.39 is 22.1 Å². The Labute approximate surface area is 158 Å². The van der Waals surface area contributed by atoms with Crippen LogP contribution in [-0.2, 0) is 10.0 Å². The van der Waals surface area contributed by atoms with E-state index in [1.165, 1.54) is 18.2 Å². The van der Waals surface area contributed by atoms with Gasteiger partial charge in [-0.15, -0.1) is 13.2 Å². The largest absolute Gasteiger partial charge is 0.573 e. The van der Waals surface area contributed by atoms with Crippen molar-refractivity contribution in [2.75, 3.05) is 4.72 Å². The number of benzene rings is 2. The Morgan fingerprint density at radius 2 is 1.67 bits per heavy atom. The second-order valence-electron chi connectivity index (χ2n) is 5.11. The molecule has 0 aromatic heterocycles. The first kappa shape index (κ1) is 20.7. The normalized spacial score (nSPS) is 11.7. The van der Waals surface area contributed by atoms with Gasteiger partial charge in [-0.25, -0.2) is 8.42 Å². The summed E-state index contributed by atoms with van der Waals surface area (Å²) in [6.45, 7) is 7.09. The molecule has 0 fully saturated rings. The fourth-order valence-electron chi connectivity index (χ4n) is 2.21. The molecule has 144 valence electrons. The quantitative estimate of drug-likeness (QED) is 0.644. The summed E-state index contributed by atoms with van der Waals surface area (Å²) in [6, 6.07) is 4.82. The van der Waals surface area contributed by atoms with Crippen LogP contribution in [0.15, 0.2) is 48.4 Å². The lowest BCUT2D eigenvalue weighted by Gasteiger charge is -2.15. The maximum atomic E-state index is 12.5. The third-order valence-corrected chi connectivity index (χ3v) is 5.02. The second kappa shape index (κ2) is 7.53. The topological polar surface area (TPSA) is 75.6 Å². The second-order valence-corrected chi connectivity index (χ2v) is 7.20. The SMILES string of the molecule is C=Cc1c(NS(=O)(=O)c2ccc(OC(F)(F)F)cc2)cc(Cl)c(O)c1C=C. The number of alkyl halides is 3. The van der Waals surface area contributed by atoms with Gasteiger partial charge in [0.2, 0.25) is 0 Å². The van der Waals surface area contributed by atoms with E-state index in [0.717, 1.165) is 24.3 Å². The standard InChI is InChI=1S/C17H13ClF3NO4S/c1-3-12-13(4-2)16(23)14(18)9-15(12)22-27(24,25)11-7-5-10(6-8-11)26-17(19,20)21/h3-9,22-23H,1-2H2. The monoisotopic (exact) mass is 419 g/mol. The molecule has 0 aliphatic carbocycles. The van der Waals surface area contributed by atoms with E-state index in [2.05, 4.69) is 22.6 Å². The van der Waals surface area contributed by atoms with E-state index >= 15 is 0 Å². The molecule has 27 heavy (non-hydrogen) atoms. The van der Waals surface area contributed by atoms with E-state index in [-0.39, 0.29) is 32.5 Å². The average Bonchev–Trinajstić information content (AvgIpc) is 2.56. The Morgan fingerprint density at radius 3 is 2.15 bits per heavy atom. The Balaban J connectivity index is 2.41. The minimum atomic E-state index is -4.89. The number of rotatable bonds is 6. The number of hydrogen-bond donors (Lipinski definition) is 2. The van der Waals surface area contributed by atoms with Crippen molar-refractivity contribution < 1.29 is 31.4 Å². The first-order valence-corrected chi connectivity index (χ1v) is 9.03. The molecule has 0 unspecified atom stereocenters. The van der Waals surface area contributed by atoms with Gasteiger partial charge < -0.3 is 9.84 Å². The molecule has 0 spiro atoms. The highest BCUT2D eigenvalue weighted by atomic mass is 35.5. The Hall–Kier alpha value is -2.65. The summed E-state index contributed by atoms with van der Waals surface area (Å²) in [5, 5.41) is 9.82. The summed E-state index contributed by atoms with van der Waals surface area (Å²) in [5.74, 6) is -0.854. The lowest BCUT2D eigenvalue weighted by Crippen LogP contribution is -2.17. The molecule has 0 amide bonds. The highest BCUT2D eigenvalue weighted by molar-refractivity contribution is 7.92. The van der Waals surface area contributed by atoms with Gasteiger partial charge in [0.1, 0.15) is 11.5 Å². The van der Waals surface area contributed by atoms with Crippen molar-refractivity contribution in [3.05, 3.63) is 59.6 Å². The van der Waals surface area contributed by atoms with Crippen LogP contribution in [0.4, 0.5) is 18.9 Å². The summed E-state index contributed by atoms with van der Waals surface area (Å²) < 4.78 is 67.6. The number of anilines is 1. The zero-order valence-electron chi connectivity index (χ0n) is 13.5. The summed E-state index contributed by atoms with van der Waals surface area (Å²) in [6.07, 6.45) is -2.31. The van der Waals surface area contributed by atoms with E-state index in [1.807, 2.05) is 0 Å². The number of nitrogens with one attached hydrogen (secondary N) is 1. The molecule has 5 nitrogen and oxygen atoms in total. The molecule has 2 aromatic rings. The highest BCUT2D eigenvalue weighted by Gasteiger charge is 2.31. The first-order chi connectivity index (χ1) is 12.5. The van der Waals surface area contributed by atoms with Crippen LogP contribution in [-0.4, -0.2) is 19.9 Å². The average molecular weight is 420 g/mol. The number of phenols is 1. The van der Waals surface area contributed by atoms with Crippen molar-refractivity contribution in [2.24, 2.45) is 0 Å². The van der Waals surface area contributed by atoms with Crippen LogP contribution in [0.3, 0.4) is 0 Å². The van der Waals surface area contributed by atoms with Gasteiger partial charge in [-0.3, -0.25) is 4.72 Å². The fraction of sp³-hybridized carbons (Fsp3) is 0.0588. The number of halogens is 4. The maximum Gasteiger partial charge on any atom is 0.573 e. The number of aromatic hydroxyl groups is 1. The molecule has 0 heterocycles. The predicted octanol–water partition coefficient (Wildman–Crippen LogP) is 5.03. The summed E-state index contributed by atoms with van der Waals surface area (Å²) in [7, 11) is -4.17. The smallest absolute Gasteiger partial charge is 0.506 e. The molecule has 2 aromatic carbocycles. The molecule has 0 bridgehead atoms. The van der Waals surface area contributed by atoms with E-state index in [9.17, 15) is 26.7 Å². The maximum absolute atomic E-state index is 12.5. The molecular formula is C17H13ClF3NO4S. The third-order valence-electron chi connectivity index (χ3n) is 3.35. The predicted molar refractivity (Wildman–Crippen MR) is 97.2 cm³/mol. The molecule has 10 heteroatoms. The van der Waals surface area contributed by atoms with Crippen LogP contribution < -0.4 is 9.46 Å². The third kappa shape index (κ3) is 4.75. The van der Waals surface area contributed by atoms with Crippen molar-refractivity contribution in [1.29, 1.82) is 0 Å². The number of hydrogen-bond acceptors (Lipinski definition) is 4. The first-order valence-electron chi connectivity index (χ1n) is 7.17. The zero-order valence-corrected chi connectivity index (χ0v) is 15.1. The number of phenolic OH excluding ortho intramolecular Hbond substituents is 1. The van der Waals surface area contributed by atoms with Crippen LogP contribution in [0.25, 0.3) is 12.2 Å². The minimum absolute atomic E-state index is 0.0123. The van der Waals surface area contributed by atoms with E-state index in [4.69, 9.17) is 11.6 Å². The number of ether oxygens (including phenoxy) is 1. The van der Waals surface area contributed by atoms with Crippen LogP contribution in [0, 0.1) is 0 Å². The van der Waals surface area contributed by atoms with Crippen molar-refractivity contribution >= 4 is 39.5 Å². The fourth-order valence-corrected chi connectivity index (χ4v) is 3.49.